The monoisotopic (exact) mass is 741 g/mol. The topological polar surface area (TPSA) is 103 Å². The quantitative estimate of drug-likeness (QED) is 0.269. The molecule has 53 heavy (non-hydrogen) atoms. The number of aliphatic hydroxyl groups excluding tert-OH is 1. The highest BCUT2D eigenvalue weighted by Gasteiger charge is 2.84. The predicted octanol–water partition coefficient (Wildman–Crippen LogP) is 8.71. The Kier molecular flexibility index (Phi) is 10.4. The number of nitrogens with two attached hydrogens (primary N) is 1. The van der Waals surface area contributed by atoms with Gasteiger partial charge in [0.15, 0.2) is 6.29 Å². The van der Waals surface area contributed by atoms with E-state index in [1.165, 1.54) is 90.0 Å². The number of carbonyl (C=O) groups is 1. The minimum Gasteiger partial charge on any atom is -0.443 e. The van der Waals surface area contributed by atoms with Crippen molar-refractivity contribution in [2.24, 2.45) is 68.3 Å². The molecule has 8 fully saturated rings. The zero-order valence-corrected chi connectivity index (χ0v) is 34.6. The second kappa shape index (κ2) is 14.2. The molecular weight excluding hydrogens is 665 g/mol. The molecule has 8 rings (SSSR count). The van der Waals surface area contributed by atoms with Gasteiger partial charge in [0, 0.05) is 25.0 Å². The molecule has 8 nitrogen and oxygen atoms in total. The fourth-order valence-electron chi connectivity index (χ4n) is 15.9. The first-order chi connectivity index (χ1) is 25.2. The van der Waals surface area contributed by atoms with Crippen molar-refractivity contribution in [3.63, 3.8) is 0 Å². The van der Waals surface area contributed by atoms with E-state index in [4.69, 9.17) is 24.7 Å². The van der Waals surface area contributed by atoms with Crippen LogP contribution in [0.15, 0.2) is 0 Å². The summed E-state index contributed by atoms with van der Waals surface area (Å²) in [6, 6.07) is 0. The van der Waals surface area contributed by atoms with Crippen LogP contribution in [0.1, 0.15) is 151 Å². The Morgan fingerprint density at radius 1 is 0.925 bits per heavy atom. The average Bonchev–Trinajstić information content (AvgIpc) is 3.70. The molecule has 0 radical (unpaired) electrons. The predicted molar refractivity (Wildman–Crippen MR) is 207 cm³/mol. The first-order valence-corrected chi connectivity index (χ1v) is 22.5. The van der Waals surface area contributed by atoms with Crippen LogP contribution in [0.5, 0.6) is 0 Å². The van der Waals surface area contributed by atoms with E-state index < -0.39 is 18.3 Å². The van der Waals surface area contributed by atoms with Crippen LogP contribution in [0.25, 0.3) is 0 Å². The summed E-state index contributed by atoms with van der Waals surface area (Å²) in [7, 11) is 0. The third-order valence-corrected chi connectivity index (χ3v) is 18.5. The number of fused-ring (bicyclic) bond motifs is 4. The van der Waals surface area contributed by atoms with E-state index in [9.17, 15) is 9.90 Å². The van der Waals surface area contributed by atoms with E-state index in [1.807, 2.05) is 0 Å². The highest BCUT2D eigenvalue weighted by Crippen LogP contribution is 2.89. The number of hydrogen-bond donors (Lipinski definition) is 2. The Labute approximate surface area is 321 Å². The summed E-state index contributed by atoms with van der Waals surface area (Å²) in [5, 5.41) is 12.6. The first-order valence-electron chi connectivity index (χ1n) is 22.5. The highest BCUT2D eigenvalue weighted by atomic mass is 16.7. The first kappa shape index (κ1) is 38.9. The van der Waals surface area contributed by atoms with Gasteiger partial charge in [0.25, 0.3) is 0 Å². The minimum atomic E-state index is -0.744. The summed E-state index contributed by atoms with van der Waals surface area (Å²) in [4.78, 5) is 14.6. The van der Waals surface area contributed by atoms with Crippen molar-refractivity contribution in [2.75, 3.05) is 26.2 Å². The van der Waals surface area contributed by atoms with Gasteiger partial charge in [-0.3, -0.25) is 4.90 Å². The van der Waals surface area contributed by atoms with Crippen LogP contribution in [-0.2, 0) is 18.9 Å². The Balaban J connectivity index is 0.961. The second-order valence-corrected chi connectivity index (χ2v) is 21.4. The zero-order chi connectivity index (χ0) is 37.6. The van der Waals surface area contributed by atoms with Crippen molar-refractivity contribution in [3.05, 3.63) is 0 Å². The normalized spacial score (nSPS) is 49.2. The van der Waals surface area contributed by atoms with Crippen LogP contribution in [-0.4, -0.2) is 79.2 Å². The van der Waals surface area contributed by atoms with Crippen LogP contribution < -0.4 is 5.73 Å². The van der Waals surface area contributed by atoms with Gasteiger partial charge in [0.1, 0.15) is 6.10 Å². The van der Waals surface area contributed by atoms with Gasteiger partial charge in [-0.15, -0.1) is 0 Å². The standard InChI is InChI=1S/C45H76N2O6/c1-28(2)37(53-40(46)49)31-24-29(3)36-38(51-31)39(48)43(7)33-17-16-32-41(4,5)34(18-19-44(32)27-45(33,44)21-20-42(36,43)6)52-35-26-47(22-23-50-35)25-30-14-12-10-8-9-11-13-15-30/h28-39,48H,8-27H2,1-7H3,(H2,46,49)/t29-,31?,32+,33?,34+,35+,36+,37-,38?,39+,42-,43-,44-,45+/m1/s1. The van der Waals surface area contributed by atoms with Crippen molar-refractivity contribution in [1.82, 2.24) is 4.90 Å². The molecule has 3 N–H and O–H groups in total. The van der Waals surface area contributed by atoms with Crippen molar-refractivity contribution >= 4 is 6.09 Å². The number of aliphatic hydroxyl groups is 1. The third-order valence-electron chi connectivity index (χ3n) is 18.5. The number of hydrogen-bond acceptors (Lipinski definition) is 7. The highest BCUT2D eigenvalue weighted by molar-refractivity contribution is 5.64. The van der Waals surface area contributed by atoms with Crippen molar-refractivity contribution in [1.29, 1.82) is 0 Å². The molecule has 0 aromatic carbocycles. The van der Waals surface area contributed by atoms with E-state index in [0.29, 0.717) is 28.6 Å². The second-order valence-electron chi connectivity index (χ2n) is 21.4. The molecule has 0 aromatic rings. The summed E-state index contributed by atoms with van der Waals surface area (Å²) in [5.74, 6) is 2.68. The molecular formula is C45H76N2O6. The van der Waals surface area contributed by atoms with Crippen molar-refractivity contribution in [3.8, 4) is 0 Å². The Morgan fingerprint density at radius 3 is 2.30 bits per heavy atom. The van der Waals surface area contributed by atoms with Gasteiger partial charge in [-0.1, -0.05) is 87.0 Å². The summed E-state index contributed by atoms with van der Waals surface area (Å²) in [5.41, 5.74) is 6.04. The van der Waals surface area contributed by atoms with Gasteiger partial charge < -0.3 is 29.8 Å². The molecule has 0 bridgehead atoms. The number of primary amides is 1. The fourth-order valence-corrected chi connectivity index (χ4v) is 15.9. The van der Waals surface area contributed by atoms with E-state index >= 15 is 0 Å². The summed E-state index contributed by atoms with van der Waals surface area (Å²) >= 11 is 0. The van der Waals surface area contributed by atoms with Gasteiger partial charge in [0.05, 0.1) is 31.0 Å². The van der Waals surface area contributed by atoms with Gasteiger partial charge >= 0.3 is 6.09 Å². The van der Waals surface area contributed by atoms with Crippen LogP contribution in [0.2, 0.25) is 0 Å². The number of morpholine rings is 1. The van der Waals surface area contributed by atoms with Crippen molar-refractivity contribution in [2.45, 2.75) is 188 Å². The van der Waals surface area contributed by atoms with E-state index in [1.54, 1.807) is 0 Å². The molecule has 8 heteroatoms. The lowest BCUT2D eigenvalue weighted by atomic mass is 9.41. The lowest BCUT2D eigenvalue weighted by Crippen LogP contribution is -2.60. The lowest BCUT2D eigenvalue weighted by Gasteiger charge is -2.64. The molecule has 6 saturated carbocycles. The largest absolute Gasteiger partial charge is 0.443 e. The minimum absolute atomic E-state index is 0.00109. The Bertz CT molecular complexity index is 1330. The summed E-state index contributed by atoms with van der Waals surface area (Å²) in [6.45, 7) is 20.4. The molecule has 2 saturated heterocycles. The maximum absolute atomic E-state index is 12.6. The molecule has 1 amide bonds. The van der Waals surface area contributed by atoms with Gasteiger partial charge in [-0.2, -0.15) is 0 Å². The smallest absolute Gasteiger partial charge is 0.404 e. The molecule has 302 valence electrons. The molecule has 3 unspecified atom stereocenters. The molecule has 2 heterocycles. The van der Waals surface area contributed by atoms with Gasteiger partial charge in [-0.05, 0) is 121 Å². The van der Waals surface area contributed by atoms with Gasteiger partial charge in [-0.25, -0.2) is 4.79 Å². The molecule has 8 aliphatic rings. The number of rotatable bonds is 7. The van der Waals surface area contributed by atoms with Crippen LogP contribution in [0.3, 0.4) is 0 Å². The zero-order valence-electron chi connectivity index (χ0n) is 34.6. The Hall–Kier alpha value is -0.930. The van der Waals surface area contributed by atoms with Crippen LogP contribution >= 0.6 is 0 Å². The molecule has 2 spiro atoms. The molecule has 0 aromatic heterocycles. The molecule has 6 aliphatic carbocycles. The Morgan fingerprint density at radius 2 is 1.60 bits per heavy atom. The van der Waals surface area contributed by atoms with E-state index in [2.05, 4.69) is 53.4 Å². The molecule has 14 atom stereocenters. The van der Waals surface area contributed by atoms with Gasteiger partial charge in [0.2, 0.25) is 0 Å². The molecule has 2 aliphatic heterocycles. The number of ether oxygens (including phenoxy) is 4. The fraction of sp³-hybridized carbons (Fsp3) is 0.978. The number of carbonyl (C=O) groups excluding carboxylic acids is 1. The third kappa shape index (κ3) is 6.09. The average molecular weight is 741 g/mol. The maximum atomic E-state index is 12.6. The lowest BCUT2D eigenvalue weighted by molar-refractivity contribution is -0.249. The SMILES string of the molecule is CC(C)[C@@H](OC(N)=O)C1C[C@@H](C)[C@H]2C(O1)[C@H](O)[C@@]1(C)C3CC[C@H]4C(C)(C)[C@@H](O[C@H]5CN(CC6CCCCCCCC6)CCO5)CC[C@@]45C[C@@]35CC[C@]21C. The maximum Gasteiger partial charge on any atom is 0.404 e. The number of nitrogens with zero attached hydrogens (tertiary/aromatic N) is 1. The van der Waals surface area contributed by atoms with Crippen LogP contribution in [0.4, 0.5) is 4.79 Å². The van der Waals surface area contributed by atoms with E-state index in [-0.39, 0.29) is 52.7 Å². The van der Waals surface area contributed by atoms with Crippen LogP contribution in [0, 0.1) is 62.6 Å². The summed E-state index contributed by atoms with van der Waals surface area (Å²) in [6.07, 6.45) is 18.5. The summed E-state index contributed by atoms with van der Waals surface area (Å²) < 4.78 is 26.1. The number of amides is 1. The van der Waals surface area contributed by atoms with E-state index in [0.717, 1.165) is 44.9 Å². The van der Waals surface area contributed by atoms with Crippen molar-refractivity contribution < 1.29 is 28.8 Å².